The summed E-state index contributed by atoms with van der Waals surface area (Å²) in [5.74, 6) is -1.44. The predicted molar refractivity (Wildman–Crippen MR) is 57.4 cm³/mol. The number of hydrogen-bond acceptors (Lipinski definition) is 4. The number of carboxylic acids is 1. The summed E-state index contributed by atoms with van der Waals surface area (Å²) in [6.07, 6.45) is -2.09. The van der Waals surface area contributed by atoms with Crippen LogP contribution in [-0.2, 0) is 13.9 Å². The molecule has 0 aliphatic carbocycles. The van der Waals surface area contributed by atoms with E-state index in [9.17, 15) is 13.9 Å². The molecule has 0 spiro atoms. The van der Waals surface area contributed by atoms with Crippen LogP contribution in [-0.4, -0.2) is 53.7 Å². The average molecular weight is 291 g/mol. The van der Waals surface area contributed by atoms with Gasteiger partial charge in [0.15, 0.2) is 0 Å². The highest BCUT2D eigenvalue weighted by atomic mass is 31.2. The zero-order chi connectivity index (χ0) is 14.1. The van der Waals surface area contributed by atoms with Crippen LogP contribution >= 0.6 is 15.2 Å². The Balaban J connectivity index is 5.19. The number of carboxylic acid groups (broad SMARTS) is 1. The molecule has 0 saturated carbocycles. The number of nitrogens with zero attached hydrogens (tertiary/aromatic N) is 1. The summed E-state index contributed by atoms with van der Waals surface area (Å²) >= 11 is 0. The molecule has 0 bridgehead atoms. The van der Waals surface area contributed by atoms with Crippen molar-refractivity contribution in [3.8, 4) is 0 Å². The third kappa shape index (κ3) is 6.28. The Labute approximate surface area is 97.4 Å². The third-order valence-electron chi connectivity index (χ3n) is 2.02. The van der Waals surface area contributed by atoms with Crippen LogP contribution in [0, 0.1) is 0 Å². The second-order valence-corrected chi connectivity index (χ2v) is 7.24. The Hall–Kier alpha value is -0.270. The summed E-state index contributed by atoms with van der Waals surface area (Å²) in [4.78, 5) is 46.5. The van der Waals surface area contributed by atoms with Gasteiger partial charge in [-0.25, -0.2) is 0 Å². The van der Waals surface area contributed by atoms with Gasteiger partial charge in [-0.15, -0.1) is 0 Å². The van der Waals surface area contributed by atoms with Crippen molar-refractivity contribution in [1.29, 1.82) is 0 Å². The van der Waals surface area contributed by atoms with Gasteiger partial charge in [-0.2, -0.15) is 0 Å². The third-order valence-corrected chi connectivity index (χ3v) is 3.44. The normalized spacial score (nSPS) is 14.1. The lowest BCUT2D eigenvalue weighted by atomic mass is 10.1. The van der Waals surface area contributed by atoms with Crippen molar-refractivity contribution >= 4 is 21.2 Å². The van der Waals surface area contributed by atoms with Crippen LogP contribution in [0.3, 0.4) is 0 Å². The molecule has 5 N–H and O–H groups in total. The molecule has 11 heteroatoms. The standard InChI is InChI=1S/C6H15NO8P2/c1-6(2,5(8)9)7(3-16(10,11)12)4-17(13,14)15/h3-4H2,1-2H3,(H,8,9)(H2,10,11,12)(H2,13,14,15). The monoisotopic (exact) mass is 291 g/mol. The molecule has 0 aliphatic heterocycles. The summed E-state index contributed by atoms with van der Waals surface area (Å²) in [6.45, 7) is 2.20. The lowest BCUT2D eigenvalue weighted by Crippen LogP contribution is -2.50. The minimum atomic E-state index is -4.62. The molecule has 0 unspecified atom stereocenters. The summed E-state index contributed by atoms with van der Waals surface area (Å²) in [7, 11) is -9.25. The summed E-state index contributed by atoms with van der Waals surface area (Å²) in [5, 5.41) is 8.86. The molecule has 0 saturated heterocycles. The first kappa shape index (κ1) is 16.7. The van der Waals surface area contributed by atoms with E-state index >= 15 is 0 Å². The lowest BCUT2D eigenvalue weighted by molar-refractivity contribution is -0.148. The molecule has 0 atom stereocenters. The zero-order valence-electron chi connectivity index (χ0n) is 9.22. The molecule has 0 radical (unpaired) electrons. The summed E-state index contributed by atoms with van der Waals surface area (Å²) in [6, 6.07) is 0. The first-order valence-corrected chi connectivity index (χ1v) is 7.93. The van der Waals surface area contributed by atoms with Crippen molar-refractivity contribution in [3.05, 3.63) is 0 Å². The fourth-order valence-electron chi connectivity index (χ4n) is 0.978. The molecule has 0 fully saturated rings. The van der Waals surface area contributed by atoms with Crippen molar-refractivity contribution in [2.24, 2.45) is 0 Å². The van der Waals surface area contributed by atoms with Crippen molar-refractivity contribution < 1.29 is 38.6 Å². The molecule has 9 nitrogen and oxygen atoms in total. The molecule has 0 heterocycles. The van der Waals surface area contributed by atoms with Crippen molar-refractivity contribution in [2.45, 2.75) is 19.4 Å². The Morgan fingerprint density at radius 1 is 1.06 bits per heavy atom. The van der Waals surface area contributed by atoms with E-state index in [2.05, 4.69) is 0 Å². The van der Waals surface area contributed by atoms with E-state index in [0.717, 1.165) is 13.8 Å². The van der Waals surface area contributed by atoms with Gasteiger partial charge in [-0.05, 0) is 13.8 Å². The Kier molecular flexibility index (Phi) is 5.07. The lowest BCUT2D eigenvalue weighted by Gasteiger charge is -2.34. The van der Waals surface area contributed by atoms with E-state index in [-0.39, 0.29) is 0 Å². The second-order valence-electron chi connectivity index (χ2n) is 4.02. The van der Waals surface area contributed by atoms with E-state index in [1.807, 2.05) is 0 Å². The van der Waals surface area contributed by atoms with E-state index in [1.165, 1.54) is 0 Å². The molecule has 102 valence electrons. The smallest absolute Gasteiger partial charge is 0.339 e. The van der Waals surface area contributed by atoms with Crippen LogP contribution in [0.25, 0.3) is 0 Å². The largest absolute Gasteiger partial charge is 0.480 e. The fourth-order valence-corrected chi connectivity index (χ4v) is 2.93. The Morgan fingerprint density at radius 2 is 1.35 bits per heavy atom. The molecule has 0 aromatic heterocycles. The predicted octanol–water partition coefficient (Wildman–Crippen LogP) is -0.578. The van der Waals surface area contributed by atoms with E-state index in [4.69, 9.17) is 24.7 Å². The van der Waals surface area contributed by atoms with Crippen LogP contribution < -0.4 is 0 Å². The molecule has 0 aromatic carbocycles. The highest BCUT2D eigenvalue weighted by Gasteiger charge is 2.40. The van der Waals surface area contributed by atoms with Crippen LogP contribution in [0.15, 0.2) is 0 Å². The van der Waals surface area contributed by atoms with Gasteiger partial charge in [-0.1, -0.05) is 0 Å². The minimum absolute atomic E-state index is 0.552. The van der Waals surface area contributed by atoms with Crippen molar-refractivity contribution in [1.82, 2.24) is 4.90 Å². The maximum absolute atomic E-state index is 10.9. The fraction of sp³-hybridized carbons (Fsp3) is 0.833. The van der Waals surface area contributed by atoms with Gasteiger partial charge in [0.2, 0.25) is 0 Å². The van der Waals surface area contributed by atoms with Gasteiger partial charge in [0.1, 0.15) is 18.1 Å². The molecular formula is C6H15NO8P2. The molecule has 0 amide bonds. The number of carbonyl (C=O) groups is 1. The summed E-state index contributed by atoms with van der Waals surface area (Å²) < 4.78 is 21.6. The van der Waals surface area contributed by atoms with Crippen LogP contribution in [0.5, 0.6) is 0 Å². The zero-order valence-corrected chi connectivity index (χ0v) is 11.0. The van der Waals surface area contributed by atoms with E-state index in [1.54, 1.807) is 0 Å². The number of rotatable bonds is 6. The highest BCUT2D eigenvalue weighted by molar-refractivity contribution is 7.52. The van der Waals surface area contributed by atoms with E-state index < -0.39 is 39.3 Å². The number of hydrogen-bond donors (Lipinski definition) is 5. The molecule has 0 aromatic rings. The van der Waals surface area contributed by atoms with Gasteiger partial charge < -0.3 is 24.7 Å². The van der Waals surface area contributed by atoms with Gasteiger partial charge in [0.05, 0.1) is 0 Å². The maximum Gasteiger partial charge on any atom is 0.339 e. The van der Waals surface area contributed by atoms with Crippen molar-refractivity contribution in [3.63, 3.8) is 0 Å². The van der Waals surface area contributed by atoms with Crippen LogP contribution in [0.2, 0.25) is 0 Å². The van der Waals surface area contributed by atoms with Crippen LogP contribution in [0.4, 0.5) is 0 Å². The SMILES string of the molecule is CC(C)(C(=O)O)N(CP(=O)(O)O)CP(=O)(O)O. The molecular weight excluding hydrogens is 276 g/mol. The van der Waals surface area contributed by atoms with Crippen molar-refractivity contribution in [2.75, 3.05) is 12.6 Å². The highest BCUT2D eigenvalue weighted by Crippen LogP contribution is 2.43. The van der Waals surface area contributed by atoms with Gasteiger partial charge >= 0.3 is 21.2 Å². The van der Waals surface area contributed by atoms with E-state index in [0.29, 0.717) is 4.90 Å². The minimum Gasteiger partial charge on any atom is -0.480 e. The Bertz CT molecular complexity index is 357. The maximum atomic E-state index is 10.9. The number of aliphatic carboxylic acids is 1. The quantitative estimate of drug-likeness (QED) is 0.404. The first-order chi connectivity index (χ1) is 7.26. The first-order valence-electron chi connectivity index (χ1n) is 4.33. The van der Waals surface area contributed by atoms with Gasteiger partial charge in [0, 0.05) is 0 Å². The molecule has 17 heavy (non-hydrogen) atoms. The summed E-state index contributed by atoms with van der Waals surface area (Å²) in [5.41, 5.74) is -1.80. The van der Waals surface area contributed by atoms with Crippen LogP contribution in [0.1, 0.15) is 13.8 Å². The Morgan fingerprint density at radius 3 is 1.53 bits per heavy atom. The van der Waals surface area contributed by atoms with Gasteiger partial charge in [0.25, 0.3) is 0 Å². The van der Waals surface area contributed by atoms with Gasteiger partial charge in [-0.3, -0.25) is 18.8 Å². The average Bonchev–Trinajstić information content (AvgIpc) is 1.96. The molecule has 0 rings (SSSR count). The molecule has 0 aliphatic rings. The topological polar surface area (TPSA) is 156 Å². The second kappa shape index (κ2) is 5.16.